The molecule has 0 radical (unpaired) electrons. The van der Waals surface area contributed by atoms with Crippen LogP contribution in [0.3, 0.4) is 0 Å². The van der Waals surface area contributed by atoms with E-state index >= 15 is 0 Å². The van der Waals surface area contributed by atoms with E-state index in [9.17, 15) is 9.59 Å². The number of anilines is 1. The second-order valence-electron chi connectivity index (χ2n) is 7.25. The van der Waals surface area contributed by atoms with Crippen LogP contribution in [-0.2, 0) is 11.3 Å². The molecule has 1 amide bonds. The number of amides is 1. The van der Waals surface area contributed by atoms with Crippen LogP contribution in [0, 0.1) is 0 Å². The molecule has 33 heavy (non-hydrogen) atoms. The van der Waals surface area contributed by atoms with E-state index in [2.05, 4.69) is 10.3 Å². The third-order valence-electron chi connectivity index (χ3n) is 4.96. The van der Waals surface area contributed by atoms with Gasteiger partial charge in [-0.15, -0.1) is 11.3 Å². The number of halogens is 1. The molecule has 6 nitrogen and oxygen atoms in total. The highest BCUT2D eigenvalue weighted by atomic mass is 35.5. The number of aromatic nitrogens is 3. The number of nitrogens with one attached hydrogen (secondary N) is 1. The molecule has 3 heterocycles. The minimum atomic E-state index is -0.195. The average molecular weight is 493 g/mol. The first-order valence-corrected chi connectivity index (χ1v) is 12.3. The summed E-state index contributed by atoms with van der Waals surface area (Å²) in [6, 6.07) is 20.4. The molecule has 0 atom stereocenters. The van der Waals surface area contributed by atoms with Gasteiger partial charge in [-0.2, -0.15) is 0 Å². The molecule has 3 aromatic heterocycles. The lowest BCUT2D eigenvalue weighted by molar-refractivity contribution is -0.113. The number of hydrogen-bond donors (Lipinski definition) is 1. The van der Waals surface area contributed by atoms with Crippen molar-refractivity contribution < 1.29 is 4.79 Å². The van der Waals surface area contributed by atoms with Gasteiger partial charge < -0.3 is 5.32 Å². The second kappa shape index (κ2) is 9.35. The van der Waals surface area contributed by atoms with Crippen molar-refractivity contribution in [3.8, 4) is 0 Å². The number of benzene rings is 2. The van der Waals surface area contributed by atoms with Crippen molar-refractivity contribution in [1.29, 1.82) is 0 Å². The predicted octanol–water partition coefficient (Wildman–Crippen LogP) is 5.44. The lowest BCUT2D eigenvalue weighted by Crippen LogP contribution is -2.24. The zero-order valence-electron chi connectivity index (χ0n) is 17.2. The Labute approximate surface area is 202 Å². The number of fused-ring (bicyclic) bond motifs is 3. The maximum Gasteiger partial charge on any atom is 0.272 e. The molecule has 0 saturated carbocycles. The largest absolute Gasteiger partial charge is 0.325 e. The Morgan fingerprint density at radius 2 is 1.85 bits per heavy atom. The number of pyridine rings is 1. The fraction of sp³-hybridized carbons (Fsp3) is 0.0833. The third kappa shape index (κ3) is 4.64. The molecule has 2 aromatic carbocycles. The Bertz CT molecular complexity index is 1520. The Morgan fingerprint density at radius 1 is 1.06 bits per heavy atom. The van der Waals surface area contributed by atoms with Crippen LogP contribution in [0.25, 0.3) is 20.4 Å². The van der Waals surface area contributed by atoms with Gasteiger partial charge >= 0.3 is 0 Å². The van der Waals surface area contributed by atoms with Crippen molar-refractivity contribution in [2.45, 2.75) is 11.7 Å². The van der Waals surface area contributed by atoms with E-state index in [-0.39, 0.29) is 17.2 Å². The van der Waals surface area contributed by atoms with Gasteiger partial charge in [0.2, 0.25) is 5.91 Å². The van der Waals surface area contributed by atoms with Crippen LogP contribution in [0.1, 0.15) is 5.56 Å². The Kier molecular flexibility index (Phi) is 6.13. The summed E-state index contributed by atoms with van der Waals surface area (Å²) < 4.78 is 2.20. The molecule has 5 rings (SSSR count). The molecule has 0 spiro atoms. The molecule has 5 aromatic rings. The van der Waals surface area contributed by atoms with Crippen molar-refractivity contribution in [2.75, 3.05) is 11.1 Å². The lowest BCUT2D eigenvalue weighted by Gasteiger charge is -2.12. The van der Waals surface area contributed by atoms with E-state index < -0.39 is 0 Å². The Hall–Kier alpha value is -3.20. The summed E-state index contributed by atoms with van der Waals surface area (Å²) in [6.45, 7) is 0.366. The van der Waals surface area contributed by atoms with Crippen LogP contribution < -0.4 is 10.9 Å². The maximum absolute atomic E-state index is 13.5. The van der Waals surface area contributed by atoms with Crippen molar-refractivity contribution in [2.24, 2.45) is 0 Å². The molecule has 164 valence electrons. The lowest BCUT2D eigenvalue weighted by atomic mass is 10.2. The monoisotopic (exact) mass is 492 g/mol. The molecule has 0 saturated heterocycles. The minimum Gasteiger partial charge on any atom is -0.325 e. The smallest absolute Gasteiger partial charge is 0.272 e. The van der Waals surface area contributed by atoms with Crippen LogP contribution in [0.15, 0.2) is 82.9 Å². The van der Waals surface area contributed by atoms with E-state index in [0.29, 0.717) is 32.6 Å². The first-order chi connectivity index (χ1) is 16.1. The van der Waals surface area contributed by atoms with Gasteiger partial charge in [-0.05, 0) is 42.0 Å². The van der Waals surface area contributed by atoms with Gasteiger partial charge in [-0.25, -0.2) is 9.97 Å². The van der Waals surface area contributed by atoms with Crippen molar-refractivity contribution >= 4 is 66.7 Å². The molecule has 1 N–H and O–H groups in total. The molecule has 9 heteroatoms. The number of rotatable bonds is 6. The van der Waals surface area contributed by atoms with E-state index in [0.717, 1.165) is 15.8 Å². The van der Waals surface area contributed by atoms with Crippen LogP contribution in [0.2, 0.25) is 5.02 Å². The van der Waals surface area contributed by atoms with Crippen molar-refractivity contribution in [3.05, 3.63) is 93.9 Å². The number of thioether (sulfide) groups is 1. The number of carbonyl (C=O) groups is 1. The normalized spacial score (nSPS) is 11.2. The van der Waals surface area contributed by atoms with Crippen molar-refractivity contribution in [3.63, 3.8) is 0 Å². The maximum atomic E-state index is 13.5. The molecule has 0 bridgehead atoms. The number of carbonyl (C=O) groups excluding carboxylic acids is 1. The minimum absolute atomic E-state index is 0.107. The summed E-state index contributed by atoms with van der Waals surface area (Å²) in [4.78, 5) is 36.0. The zero-order valence-corrected chi connectivity index (χ0v) is 19.6. The fourth-order valence-electron chi connectivity index (χ4n) is 3.42. The Balaban J connectivity index is 1.50. The predicted molar refractivity (Wildman–Crippen MR) is 136 cm³/mol. The molecule has 0 aliphatic carbocycles. The van der Waals surface area contributed by atoms with Gasteiger partial charge in [-0.3, -0.25) is 14.2 Å². The van der Waals surface area contributed by atoms with Crippen LogP contribution in [0.4, 0.5) is 5.69 Å². The summed E-state index contributed by atoms with van der Waals surface area (Å²) in [7, 11) is 0. The van der Waals surface area contributed by atoms with Gasteiger partial charge in [0, 0.05) is 22.3 Å². The topological polar surface area (TPSA) is 76.9 Å². The quantitative estimate of drug-likeness (QED) is 0.252. The van der Waals surface area contributed by atoms with Gasteiger partial charge in [0.15, 0.2) is 5.16 Å². The van der Waals surface area contributed by atoms with Crippen LogP contribution in [0.5, 0.6) is 0 Å². The second-order valence-corrected chi connectivity index (χ2v) is 9.63. The first kappa shape index (κ1) is 21.6. The first-order valence-electron chi connectivity index (χ1n) is 10.1. The summed E-state index contributed by atoms with van der Waals surface area (Å²) in [5, 5.41) is 4.78. The standard InChI is InChI=1S/C24H17ClN4O2S2/c25-16-8-10-17(11-9-16)27-19(30)14-32-24-28-20-18-7-4-12-26-22(18)33-21(20)23(31)29(24)13-15-5-2-1-3-6-15/h1-12H,13-14H2,(H,27,30). The SMILES string of the molecule is O=C(CSc1nc2c(sc3ncccc32)c(=O)n1Cc1ccccc1)Nc1ccc(Cl)cc1. The summed E-state index contributed by atoms with van der Waals surface area (Å²) >= 11 is 8.49. The van der Waals surface area contributed by atoms with E-state index in [1.807, 2.05) is 42.5 Å². The third-order valence-corrected chi connectivity index (χ3v) is 7.28. The van der Waals surface area contributed by atoms with E-state index in [1.165, 1.54) is 23.1 Å². The van der Waals surface area contributed by atoms with Crippen LogP contribution >= 0.6 is 34.7 Å². The molecular formula is C24H17ClN4O2S2. The summed E-state index contributed by atoms with van der Waals surface area (Å²) in [5.41, 5.74) is 2.13. The molecule has 0 aliphatic heterocycles. The number of hydrogen-bond acceptors (Lipinski definition) is 6. The molecule has 0 aliphatic rings. The molecule has 0 fully saturated rings. The fourth-order valence-corrected chi connectivity index (χ4v) is 5.37. The van der Waals surface area contributed by atoms with Crippen LogP contribution in [-0.4, -0.2) is 26.2 Å². The van der Waals surface area contributed by atoms with E-state index in [4.69, 9.17) is 16.6 Å². The molecule has 0 unspecified atom stereocenters. The van der Waals surface area contributed by atoms with Gasteiger partial charge in [0.25, 0.3) is 5.56 Å². The highest BCUT2D eigenvalue weighted by Gasteiger charge is 2.18. The van der Waals surface area contributed by atoms with Gasteiger partial charge in [0.05, 0.1) is 17.8 Å². The average Bonchev–Trinajstić information content (AvgIpc) is 3.21. The summed E-state index contributed by atoms with van der Waals surface area (Å²) in [6.07, 6.45) is 1.71. The Morgan fingerprint density at radius 3 is 2.64 bits per heavy atom. The number of thiophene rings is 1. The summed E-state index contributed by atoms with van der Waals surface area (Å²) in [5.74, 6) is -0.0878. The zero-order chi connectivity index (χ0) is 22.8. The molecular weight excluding hydrogens is 476 g/mol. The number of nitrogens with zero attached hydrogens (tertiary/aromatic N) is 3. The van der Waals surface area contributed by atoms with Gasteiger partial charge in [-0.1, -0.05) is 53.7 Å². The van der Waals surface area contributed by atoms with Gasteiger partial charge in [0.1, 0.15) is 9.53 Å². The van der Waals surface area contributed by atoms with E-state index in [1.54, 1.807) is 35.0 Å². The highest BCUT2D eigenvalue weighted by molar-refractivity contribution is 7.99. The highest BCUT2D eigenvalue weighted by Crippen LogP contribution is 2.30. The van der Waals surface area contributed by atoms with Crippen molar-refractivity contribution in [1.82, 2.24) is 14.5 Å².